The molecule has 0 unspecified atom stereocenters. The first kappa shape index (κ1) is 12.2. The second-order valence-corrected chi connectivity index (χ2v) is 3.11. The zero-order valence-corrected chi connectivity index (χ0v) is 9.45. The molecule has 0 amide bonds. The number of halogens is 1. The third-order valence-electron chi connectivity index (χ3n) is 1.53. The Bertz CT molecular complexity index is 309. The molecule has 0 aliphatic rings. The van der Waals surface area contributed by atoms with Crippen molar-refractivity contribution in [1.29, 1.82) is 0 Å². The smallest absolute Gasteiger partial charge is 0.218 e. The Morgan fingerprint density at radius 1 is 1.20 bits per heavy atom. The molecule has 0 aliphatic carbocycles. The summed E-state index contributed by atoms with van der Waals surface area (Å²) in [5.74, 6) is 0.927. The van der Waals surface area contributed by atoms with E-state index < -0.39 is 0 Å². The van der Waals surface area contributed by atoms with Crippen LogP contribution in [0.1, 0.15) is 5.82 Å². The first-order valence-electron chi connectivity index (χ1n) is 4.40. The zero-order valence-electron chi connectivity index (χ0n) is 8.70. The van der Waals surface area contributed by atoms with Crippen LogP contribution >= 0.6 is 11.6 Å². The summed E-state index contributed by atoms with van der Waals surface area (Å²) in [7, 11) is 3.17. The molecule has 0 saturated heterocycles. The monoisotopic (exact) mass is 232 g/mol. The fourth-order valence-electron chi connectivity index (χ4n) is 0.939. The summed E-state index contributed by atoms with van der Waals surface area (Å²) in [4.78, 5) is 8.07. The highest BCUT2D eigenvalue weighted by Gasteiger charge is 2.03. The molecule has 0 radical (unpaired) electrons. The van der Waals surface area contributed by atoms with E-state index in [1.54, 1.807) is 20.3 Å². The van der Waals surface area contributed by atoms with E-state index in [9.17, 15) is 0 Å². The molecule has 1 aromatic heterocycles. The van der Waals surface area contributed by atoms with Gasteiger partial charge in [-0.25, -0.2) is 4.98 Å². The average molecular weight is 233 g/mol. The minimum atomic E-state index is 0.307. The maximum atomic E-state index is 5.78. The fraction of sp³-hybridized carbons (Fsp3) is 0.556. The van der Waals surface area contributed by atoms with Gasteiger partial charge in [-0.05, 0) is 0 Å². The molecule has 0 atom stereocenters. The minimum Gasteiger partial charge on any atom is -0.475 e. The van der Waals surface area contributed by atoms with E-state index in [-0.39, 0.29) is 0 Å². The molecule has 0 fully saturated rings. The normalized spacial score (nSPS) is 10.3. The van der Waals surface area contributed by atoms with Crippen LogP contribution < -0.4 is 4.74 Å². The average Bonchev–Trinajstić information content (AvgIpc) is 2.18. The zero-order chi connectivity index (χ0) is 11.1. The molecular formula is C9H13ClN2O3. The van der Waals surface area contributed by atoms with Crippen molar-refractivity contribution in [2.75, 3.05) is 27.4 Å². The van der Waals surface area contributed by atoms with Crippen LogP contribution in [0.2, 0.25) is 5.15 Å². The minimum absolute atomic E-state index is 0.307. The van der Waals surface area contributed by atoms with Gasteiger partial charge < -0.3 is 14.2 Å². The van der Waals surface area contributed by atoms with E-state index in [2.05, 4.69) is 9.97 Å². The van der Waals surface area contributed by atoms with Gasteiger partial charge in [-0.3, -0.25) is 0 Å². The SMILES string of the molecule is COCCOc1cc(Cl)nc(COC)n1. The molecule has 5 nitrogen and oxygen atoms in total. The molecule has 84 valence electrons. The maximum Gasteiger partial charge on any atom is 0.218 e. The van der Waals surface area contributed by atoms with Gasteiger partial charge in [0, 0.05) is 20.3 Å². The number of hydrogen-bond acceptors (Lipinski definition) is 5. The Kier molecular flexibility index (Phi) is 5.31. The van der Waals surface area contributed by atoms with Crippen molar-refractivity contribution in [3.63, 3.8) is 0 Å². The van der Waals surface area contributed by atoms with E-state index >= 15 is 0 Å². The van der Waals surface area contributed by atoms with Crippen LogP contribution in [0.25, 0.3) is 0 Å². The Balaban J connectivity index is 2.62. The van der Waals surface area contributed by atoms with Gasteiger partial charge in [0.05, 0.1) is 6.61 Å². The van der Waals surface area contributed by atoms with Crippen LogP contribution in [0.4, 0.5) is 0 Å². The molecule has 1 aromatic rings. The van der Waals surface area contributed by atoms with Crippen molar-refractivity contribution in [2.24, 2.45) is 0 Å². The molecule has 0 aliphatic heterocycles. The van der Waals surface area contributed by atoms with Crippen LogP contribution in [0.3, 0.4) is 0 Å². The lowest BCUT2D eigenvalue weighted by molar-refractivity contribution is 0.142. The molecule has 6 heteroatoms. The number of methoxy groups -OCH3 is 2. The van der Waals surface area contributed by atoms with Gasteiger partial charge >= 0.3 is 0 Å². The Hall–Kier alpha value is -0.910. The van der Waals surface area contributed by atoms with Gasteiger partial charge in [0.25, 0.3) is 0 Å². The molecular weight excluding hydrogens is 220 g/mol. The van der Waals surface area contributed by atoms with Crippen molar-refractivity contribution >= 4 is 11.6 Å². The van der Waals surface area contributed by atoms with Gasteiger partial charge in [-0.1, -0.05) is 11.6 Å². The molecule has 0 saturated carbocycles. The summed E-state index contributed by atoms with van der Waals surface area (Å²) in [5, 5.41) is 0.337. The molecule has 1 rings (SSSR count). The van der Waals surface area contributed by atoms with Crippen molar-refractivity contribution in [3.05, 3.63) is 17.0 Å². The standard InChI is InChI=1S/C9H13ClN2O3/c1-13-3-4-15-9-5-7(10)11-8(12-9)6-14-2/h5H,3-4,6H2,1-2H3. The van der Waals surface area contributed by atoms with E-state index in [0.717, 1.165) is 0 Å². The molecule has 0 bridgehead atoms. The second-order valence-electron chi connectivity index (χ2n) is 2.72. The topological polar surface area (TPSA) is 53.5 Å². The molecule has 0 N–H and O–H groups in total. The van der Waals surface area contributed by atoms with Crippen LogP contribution in [0.5, 0.6) is 5.88 Å². The molecule has 0 spiro atoms. The van der Waals surface area contributed by atoms with Gasteiger partial charge in [0.15, 0.2) is 5.82 Å². The van der Waals surface area contributed by atoms with Crippen molar-refractivity contribution in [3.8, 4) is 5.88 Å². The lowest BCUT2D eigenvalue weighted by atomic mass is 10.5. The Morgan fingerprint density at radius 3 is 2.67 bits per heavy atom. The van der Waals surface area contributed by atoms with E-state index in [1.807, 2.05) is 0 Å². The second kappa shape index (κ2) is 6.55. The third-order valence-corrected chi connectivity index (χ3v) is 1.72. The highest BCUT2D eigenvalue weighted by atomic mass is 35.5. The number of ether oxygens (including phenoxy) is 3. The predicted molar refractivity (Wildman–Crippen MR) is 55.1 cm³/mol. The van der Waals surface area contributed by atoms with Crippen LogP contribution in [0, 0.1) is 0 Å². The van der Waals surface area contributed by atoms with E-state index in [4.69, 9.17) is 25.8 Å². The van der Waals surface area contributed by atoms with Crippen LogP contribution in [0.15, 0.2) is 6.07 Å². The van der Waals surface area contributed by atoms with Gasteiger partial charge in [0.1, 0.15) is 18.4 Å². The lowest BCUT2D eigenvalue weighted by Crippen LogP contribution is -2.07. The Labute approximate surface area is 93.3 Å². The largest absolute Gasteiger partial charge is 0.475 e. The predicted octanol–water partition coefficient (Wildman–Crippen LogP) is 1.30. The first-order chi connectivity index (χ1) is 7.26. The summed E-state index contributed by atoms with van der Waals surface area (Å²) in [6.45, 7) is 1.23. The summed E-state index contributed by atoms with van der Waals surface area (Å²) >= 11 is 5.78. The fourth-order valence-corrected chi connectivity index (χ4v) is 1.13. The van der Waals surface area contributed by atoms with Gasteiger partial charge in [0.2, 0.25) is 5.88 Å². The van der Waals surface area contributed by atoms with Gasteiger partial charge in [-0.15, -0.1) is 0 Å². The molecule has 0 aromatic carbocycles. The maximum absolute atomic E-state index is 5.78. The van der Waals surface area contributed by atoms with Crippen molar-refractivity contribution < 1.29 is 14.2 Å². The summed E-state index contributed by atoms with van der Waals surface area (Å²) in [6, 6.07) is 1.55. The quantitative estimate of drug-likeness (QED) is 0.547. The number of hydrogen-bond donors (Lipinski definition) is 0. The number of nitrogens with zero attached hydrogens (tertiary/aromatic N) is 2. The first-order valence-corrected chi connectivity index (χ1v) is 4.78. The molecule has 1 heterocycles. The van der Waals surface area contributed by atoms with E-state index in [0.29, 0.717) is 36.7 Å². The van der Waals surface area contributed by atoms with E-state index in [1.165, 1.54) is 0 Å². The Morgan fingerprint density at radius 2 is 2.00 bits per heavy atom. The van der Waals surface area contributed by atoms with Gasteiger partial charge in [-0.2, -0.15) is 4.98 Å². The summed E-state index contributed by atoms with van der Waals surface area (Å²) < 4.78 is 15.0. The van der Waals surface area contributed by atoms with Crippen molar-refractivity contribution in [1.82, 2.24) is 9.97 Å². The number of rotatable bonds is 6. The summed E-state index contributed by atoms with van der Waals surface area (Å²) in [6.07, 6.45) is 0. The van der Waals surface area contributed by atoms with Crippen LogP contribution in [-0.4, -0.2) is 37.4 Å². The lowest BCUT2D eigenvalue weighted by Gasteiger charge is -2.06. The van der Waals surface area contributed by atoms with Crippen LogP contribution in [-0.2, 0) is 16.1 Å². The highest BCUT2D eigenvalue weighted by Crippen LogP contribution is 2.13. The number of aromatic nitrogens is 2. The third kappa shape index (κ3) is 4.42. The van der Waals surface area contributed by atoms with Crippen molar-refractivity contribution in [2.45, 2.75) is 6.61 Å². The summed E-state index contributed by atoms with van der Waals surface area (Å²) in [5.41, 5.74) is 0. The molecule has 15 heavy (non-hydrogen) atoms. The highest BCUT2D eigenvalue weighted by molar-refractivity contribution is 6.29.